The Morgan fingerprint density at radius 1 is 1.11 bits per heavy atom. The number of nitrogens with zero attached hydrogens (tertiary/aromatic N) is 7. The number of benzene rings is 1. The van der Waals surface area contributed by atoms with E-state index in [4.69, 9.17) is 10.5 Å². The van der Waals surface area contributed by atoms with Gasteiger partial charge in [-0.2, -0.15) is 10.2 Å². The first-order chi connectivity index (χ1) is 18.3. The zero-order chi connectivity index (χ0) is 26.4. The molecule has 0 aliphatic carbocycles. The first-order valence-electron chi connectivity index (χ1n) is 12.9. The summed E-state index contributed by atoms with van der Waals surface area (Å²) in [6.07, 6.45) is 4.24. The zero-order valence-corrected chi connectivity index (χ0v) is 21.6. The number of carbonyl (C=O) groups is 1. The first-order valence-corrected chi connectivity index (χ1v) is 12.9. The van der Waals surface area contributed by atoms with Crippen LogP contribution in [-0.2, 0) is 4.74 Å². The fourth-order valence-electron chi connectivity index (χ4n) is 5.85. The maximum Gasteiger partial charge on any atom is 0.407 e. The molecule has 0 bridgehead atoms. The Morgan fingerprint density at radius 2 is 1.92 bits per heavy atom. The van der Waals surface area contributed by atoms with Gasteiger partial charge in [0.25, 0.3) is 0 Å². The molecule has 0 radical (unpaired) electrons. The molecule has 2 fully saturated rings. The van der Waals surface area contributed by atoms with Crippen LogP contribution in [0.5, 0.6) is 0 Å². The van der Waals surface area contributed by atoms with Gasteiger partial charge in [-0.15, -0.1) is 0 Å². The van der Waals surface area contributed by atoms with Crippen molar-refractivity contribution >= 4 is 23.1 Å². The van der Waals surface area contributed by atoms with E-state index in [-0.39, 0.29) is 11.6 Å². The number of fused-ring (bicyclic) bond motifs is 1. The van der Waals surface area contributed by atoms with Crippen LogP contribution in [-0.4, -0.2) is 78.9 Å². The van der Waals surface area contributed by atoms with Crippen molar-refractivity contribution in [3.8, 4) is 22.5 Å². The molecule has 11 heteroatoms. The van der Waals surface area contributed by atoms with E-state index in [9.17, 15) is 9.90 Å². The second kappa shape index (κ2) is 9.32. The third kappa shape index (κ3) is 4.12. The second-order valence-corrected chi connectivity index (χ2v) is 10.6. The largest absolute Gasteiger partial charge is 0.465 e. The minimum Gasteiger partial charge on any atom is -0.465 e. The second-order valence-electron chi connectivity index (χ2n) is 10.6. The van der Waals surface area contributed by atoms with Crippen LogP contribution in [0.15, 0.2) is 48.9 Å². The van der Waals surface area contributed by atoms with E-state index in [2.05, 4.69) is 62.9 Å². The highest BCUT2D eigenvalue weighted by Gasteiger charge is 2.36. The normalized spacial score (nSPS) is 18.3. The van der Waals surface area contributed by atoms with E-state index in [0.29, 0.717) is 25.5 Å². The van der Waals surface area contributed by atoms with Gasteiger partial charge in [0.2, 0.25) is 0 Å². The number of nitrogens with two attached hydrogens (primary N) is 1. The van der Waals surface area contributed by atoms with Crippen LogP contribution in [0.1, 0.15) is 32.7 Å². The Hall–Kier alpha value is -4.12. The van der Waals surface area contributed by atoms with Crippen molar-refractivity contribution in [1.82, 2.24) is 29.3 Å². The summed E-state index contributed by atoms with van der Waals surface area (Å²) in [6.45, 7) is 7.10. The molecule has 2 saturated heterocycles. The summed E-state index contributed by atoms with van der Waals surface area (Å²) in [5, 5.41) is 18.7. The summed E-state index contributed by atoms with van der Waals surface area (Å²) < 4.78 is 9.50. The van der Waals surface area contributed by atoms with Crippen molar-refractivity contribution in [2.24, 2.45) is 0 Å². The van der Waals surface area contributed by atoms with E-state index >= 15 is 0 Å². The van der Waals surface area contributed by atoms with E-state index in [1.807, 2.05) is 22.8 Å². The molecule has 0 unspecified atom stereocenters. The molecule has 0 spiro atoms. The van der Waals surface area contributed by atoms with Crippen LogP contribution >= 0.6 is 0 Å². The average molecular weight is 517 g/mol. The zero-order valence-electron chi connectivity index (χ0n) is 21.6. The lowest BCUT2D eigenvalue weighted by atomic mass is 9.97. The van der Waals surface area contributed by atoms with Crippen molar-refractivity contribution in [3.63, 3.8) is 0 Å². The highest BCUT2D eigenvalue weighted by atomic mass is 16.5. The van der Waals surface area contributed by atoms with Crippen LogP contribution < -0.4 is 10.6 Å². The average Bonchev–Trinajstić information content (AvgIpc) is 3.54. The van der Waals surface area contributed by atoms with E-state index in [1.165, 1.54) is 11.2 Å². The predicted molar refractivity (Wildman–Crippen MR) is 144 cm³/mol. The Kier molecular flexibility index (Phi) is 5.94. The van der Waals surface area contributed by atoms with Crippen LogP contribution in [0.3, 0.4) is 0 Å². The highest BCUT2D eigenvalue weighted by molar-refractivity contribution is 5.91. The molecule has 38 heavy (non-hydrogen) atoms. The molecular weight excluding hydrogens is 484 g/mol. The lowest BCUT2D eigenvalue weighted by Gasteiger charge is -2.47. The van der Waals surface area contributed by atoms with Gasteiger partial charge in [-0.25, -0.2) is 14.3 Å². The van der Waals surface area contributed by atoms with Gasteiger partial charge >= 0.3 is 6.09 Å². The number of piperazine rings is 1. The Bertz CT molecular complexity index is 1490. The fraction of sp³-hybridized carbons (Fsp3) is 0.407. The predicted octanol–water partition coefficient (Wildman–Crippen LogP) is 3.77. The number of carboxylic acid groups (broad SMARTS) is 1. The monoisotopic (exact) mass is 516 g/mol. The number of nitrogen functional groups attached to an aromatic ring is 1. The summed E-state index contributed by atoms with van der Waals surface area (Å²) in [5.41, 5.74) is 11.6. The topological polar surface area (TPSA) is 127 Å². The van der Waals surface area contributed by atoms with E-state index in [1.54, 1.807) is 0 Å². The molecule has 0 atom stereocenters. The lowest BCUT2D eigenvalue weighted by Crippen LogP contribution is -2.60. The Morgan fingerprint density at radius 3 is 2.68 bits per heavy atom. The summed E-state index contributed by atoms with van der Waals surface area (Å²) in [4.78, 5) is 19.6. The molecular formula is C27H32N8O3. The number of anilines is 2. The third-order valence-corrected chi connectivity index (χ3v) is 7.69. The molecule has 4 aromatic rings. The molecule has 198 valence electrons. The lowest BCUT2D eigenvalue weighted by molar-refractivity contribution is 0.0667. The smallest absolute Gasteiger partial charge is 0.407 e. The number of hydrogen-bond acceptors (Lipinski definition) is 7. The van der Waals surface area contributed by atoms with Crippen molar-refractivity contribution in [2.75, 3.05) is 43.5 Å². The van der Waals surface area contributed by atoms with Gasteiger partial charge in [0.1, 0.15) is 11.8 Å². The molecule has 3 N–H and O–H groups in total. The van der Waals surface area contributed by atoms with E-state index in [0.717, 1.165) is 59.8 Å². The number of hydrogen-bond donors (Lipinski definition) is 2. The molecule has 3 aromatic heterocycles. The summed E-state index contributed by atoms with van der Waals surface area (Å²) in [7, 11) is 0. The fourth-order valence-corrected chi connectivity index (χ4v) is 5.85. The third-order valence-electron chi connectivity index (χ3n) is 7.69. The molecule has 11 nitrogen and oxygen atoms in total. The van der Waals surface area contributed by atoms with Crippen LogP contribution in [0.4, 0.5) is 16.3 Å². The van der Waals surface area contributed by atoms with Gasteiger partial charge in [0.15, 0.2) is 5.82 Å². The summed E-state index contributed by atoms with van der Waals surface area (Å²) >= 11 is 0. The standard InChI is InChI=1S/C27H32N8O3/c1-27(2)16-32(26(36)37)10-11-33(27)20-5-3-4-18(14-20)23-15-21(24-25(28)29-17-31-35(23)24)22-6-9-30-34(22)19-7-12-38-13-8-19/h3-6,9,14-15,17,19H,7-8,10-13,16H2,1-2H3,(H,36,37)(H2,28,29,31). The molecule has 5 heterocycles. The maximum atomic E-state index is 11.6. The number of aromatic nitrogens is 5. The maximum absolute atomic E-state index is 11.6. The van der Waals surface area contributed by atoms with Crippen molar-refractivity contribution in [3.05, 3.63) is 48.9 Å². The highest BCUT2D eigenvalue weighted by Crippen LogP contribution is 2.38. The van der Waals surface area contributed by atoms with Crippen molar-refractivity contribution in [1.29, 1.82) is 0 Å². The molecule has 6 rings (SSSR count). The van der Waals surface area contributed by atoms with Crippen LogP contribution in [0, 0.1) is 0 Å². The van der Waals surface area contributed by atoms with Crippen LogP contribution in [0.25, 0.3) is 28.0 Å². The van der Waals surface area contributed by atoms with Crippen molar-refractivity contribution in [2.45, 2.75) is 38.3 Å². The van der Waals surface area contributed by atoms with Gasteiger partial charge in [0.05, 0.1) is 23.0 Å². The molecule has 1 aromatic carbocycles. The van der Waals surface area contributed by atoms with Gasteiger partial charge < -0.3 is 25.4 Å². The number of rotatable bonds is 4. The SMILES string of the molecule is CC1(C)CN(C(=O)O)CCN1c1cccc(-c2cc(-c3ccnn3C3CCOCC3)c3c(N)ncnn23)c1. The number of ether oxygens (including phenoxy) is 1. The molecule has 0 saturated carbocycles. The molecule has 1 amide bonds. The molecule has 2 aliphatic heterocycles. The van der Waals surface area contributed by atoms with Crippen LogP contribution in [0.2, 0.25) is 0 Å². The quantitative estimate of drug-likeness (QED) is 0.420. The Labute approximate surface area is 220 Å². The summed E-state index contributed by atoms with van der Waals surface area (Å²) in [5.74, 6) is 0.406. The van der Waals surface area contributed by atoms with Gasteiger partial charge in [-0.3, -0.25) is 4.68 Å². The first kappa shape index (κ1) is 24.2. The summed E-state index contributed by atoms with van der Waals surface area (Å²) in [6, 6.07) is 12.7. The van der Waals surface area contributed by atoms with Gasteiger partial charge in [-0.1, -0.05) is 12.1 Å². The minimum absolute atomic E-state index is 0.257. The van der Waals surface area contributed by atoms with E-state index < -0.39 is 6.09 Å². The minimum atomic E-state index is -0.879. The van der Waals surface area contributed by atoms with Gasteiger partial charge in [0, 0.05) is 55.9 Å². The Balaban J connectivity index is 1.43. The number of amides is 1. The van der Waals surface area contributed by atoms with Crippen molar-refractivity contribution < 1.29 is 14.6 Å². The molecule has 2 aliphatic rings. The van der Waals surface area contributed by atoms with Gasteiger partial charge in [-0.05, 0) is 51.0 Å².